The van der Waals surface area contributed by atoms with Crippen molar-refractivity contribution in [3.63, 3.8) is 0 Å². The van der Waals surface area contributed by atoms with Crippen molar-refractivity contribution in [3.8, 4) is 0 Å². The summed E-state index contributed by atoms with van der Waals surface area (Å²) < 4.78 is 9.77. The van der Waals surface area contributed by atoms with Crippen LogP contribution in [0.25, 0.3) is 10.4 Å². The summed E-state index contributed by atoms with van der Waals surface area (Å²) in [5.41, 5.74) is 9.56. The molecule has 0 saturated carbocycles. The lowest BCUT2D eigenvalue weighted by atomic mass is 10.2. The minimum absolute atomic E-state index is 0.125. The Bertz CT molecular complexity index is 457. The third kappa shape index (κ3) is 4.40. The van der Waals surface area contributed by atoms with Crippen molar-refractivity contribution in [2.45, 2.75) is 19.6 Å². The van der Waals surface area contributed by atoms with E-state index >= 15 is 0 Å². The third-order valence-corrected chi connectivity index (χ3v) is 2.22. The van der Waals surface area contributed by atoms with Gasteiger partial charge in [-0.05, 0) is 24.6 Å². The number of carbonyl (C=O) groups is 1. The first kappa shape index (κ1) is 14.0. The first-order valence-electron chi connectivity index (χ1n) is 5.32. The number of nitrogens with zero attached hydrogens (tertiary/aromatic N) is 4. The van der Waals surface area contributed by atoms with Gasteiger partial charge in [-0.3, -0.25) is 4.98 Å². The van der Waals surface area contributed by atoms with Crippen LogP contribution >= 0.6 is 0 Å². The fourth-order valence-electron chi connectivity index (χ4n) is 1.25. The molecule has 0 aliphatic rings. The van der Waals surface area contributed by atoms with Gasteiger partial charge in [0.2, 0.25) is 0 Å². The Morgan fingerprint density at radius 2 is 2.39 bits per heavy atom. The molecule has 0 N–H and O–H groups in total. The summed E-state index contributed by atoms with van der Waals surface area (Å²) in [5.74, 6) is -0.438. The van der Waals surface area contributed by atoms with E-state index in [0.29, 0.717) is 11.4 Å². The molecule has 1 heterocycles. The van der Waals surface area contributed by atoms with Crippen LogP contribution in [0.1, 0.15) is 24.4 Å². The number of rotatable bonds is 6. The average Bonchev–Trinajstić information content (AvgIpc) is 2.42. The molecule has 7 nitrogen and oxygen atoms in total. The molecule has 0 fully saturated rings. The van der Waals surface area contributed by atoms with Crippen LogP contribution in [-0.2, 0) is 20.8 Å². The van der Waals surface area contributed by atoms with Gasteiger partial charge in [-0.15, -0.1) is 0 Å². The van der Waals surface area contributed by atoms with Gasteiger partial charge in [-0.25, -0.2) is 4.79 Å². The van der Waals surface area contributed by atoms with Gasteiger partial charge in [-0.2, -0.15) is 0 Å². The third-order valence-electron chi connectivity index (χ3n) is 2.22. The summed E-state index contributed by atoms with van der Waals surface area (Å²) in [4.78, 5) is 17.9. The van der Waals surface area contributed by atoms with Crippen molar-refractivity contribution >= 4 is 5.97 Å². The van der Waals surface area contributed by atoms with Crippen molar-refractivity contribution < 1.29 is 14.3 Å². The molecule has 0 radical (unpaired) electrons. The fraction of sp³-hybridized carbons (Fsp3) is 0.455. The minimum atomic E-state index is -0.438. The average molecular weight is 250 g/mol. The van der Waals surface area contributed by atoms with Crippen LogP contribution in [-0.4, -0.2) is 24.7 Å². The number of carbonyl (C=O) groups excluding carboxylic acids is 1. The number of aromatic nitrogens is 1. The molecule has 96 valence electrons. The molecule has 1 aromatic heterocycles. The molecule has 1 rings (SSSR count). The summed E-state index contributed by atoms with van der Waals surface area (Å²) in [6, 6.07) is 5.33. The molecule has 0 saturated heterocycles. The highest BCUT2D eigenvalue weighted by molar-refractivity contribution is 5.70. The van der Waals surface area contributed by atoms with E-state index < -0.39 is 5.97 Å². The molecule has 1 atom stereocenters. The maximum atomic E-state index is 10.9. The summed E-state index contributed by atoms with van der Waals surface area (Å²) >= 11 is 0. The van der Waals surface area contributed by atoms with Gasteiger partial charge in [0.15, 0.2) is 0 Å². The van der Waals surface area contributed by atoms with Crippen LogP contribution in [0.3, 0.4) is 0 Å². The van der Waals surface area contributed by atoms with Crippen LogP contribution < -0.4 is 0 Å². The highest BCUT2D eigenvalue weighted by atomic mass is 16.6. The topological polar surface area (TPSA) is 97.2 Å². The molecule has 1 aromatic rings. The molecule has 7 heteroatoms. The molecule has 0 aliphatic heterocycles. The van der Waals surface area contributed by atoms with E-state index in [0.717, 1.165) is 0 Å². The largest absolute Gasteiger partial charge is 0.467 e. The zero-order valence-electron chi connectivity index (χ0n) is 10.2. The second kappa shape index (κ2) is 7.26. The first-order chi connectivity index (χ1) is 8.67. The lowest BCUT2D eigenvalue weighted by Gasteiger charge is -2.12. The van der Waals surface area contributed by atoms with Crippen molar-refractivity contribution in [2.75, 3.05) is 13.7 Å². The summed E-state index contributed by atoms with van der Waals surface area (Å²) in [7, 11) is 1.30. The Balaban J connectivity index is 2.64. The summed E-state index contributed by atoms with van der Waals surface area (Å²) in [6.45, 7) is 1.84. The van der Waals surface area contributed by atoms with Gasteiger partial charge in [0.1, 0.15) is 6.61 Å². The predicted molar refractivity (Wildman–Crippen MR) is 63.5 cm³/mol. The summed E-state index contributed by atoms with van der Waals surface area (Å²) in [6.07, 6.45) is -0.338. The van der Waals surface area contributed by atoms with Crippen LogP contribution in [0, 0.1) is 0 Å². The fourth-order valence-corrected chi connectivity index (χ4v) is 1.25. The number of ether oxygens (including phenoxy) is 2. The normalized spacial score (nSPS) is 11.4. The molecule has 1 unspecified atom stereocenters. The number of azide groups is 1. The van der Waals surface area contributed by atoms with Gasteiger partial charge in [0, 0.05) is 10.6 Å². The number of pyridine rings is 1. The van der Waals surface area contributed by atoms with Gasteiger partial charge in [0.25, 0.3) is 0 Å². The first-order valence-corrected chi connectivity index (χ1v) is 5.32. The summed E-state index contributed by atoms with van der Waals surface area (Å²) in [5, 5.41) is 3.43. The highest BCUT2D eigenvalue weighted by Gasteiger charge is 2.10. The molecule has 0 amide bonds. The SMILES string of the molecule is COC(=O)COC(C)c1cccc(CN=[N+]=[N-])n1. The molecule has 0 bridgehead atoms. The number of hydrogen-bond acceptors (Lipinski definition) is 5. The minimum Gasteiger partial charge on any atom is -0.467 e. The van der Waals surface area contributed by atoms with Gasteiger partial charge in [0.05, 0.1) is 25.5 Å². The van der Waals surface area contributed by atoms with E-state index in [-0.39, 0.29) is 19.3 Å². The van der Waals surface area contributed by atoms with E-state index in [2.05, 4.69) is 19.7 Å². The highest BCUT2D eigenvalue weighted by Crippen LogP contribution is 2.14. The van der Waals surface area contributed by atoms with E-state index in [1.54, 1.807) is 25.1 Å². The second-order valence-electron chi connectivity index (χ2n) is 3.47. The van der Waals surface area contributed by atoms with Gasteiger partial charge >= 0.3 is 5.97 Å². The van der Waals surface area contributed by atoms with Gasteiger partial charge < -0.3 is 9.47 Å². The lowest BCUT2D eigenvalue weighted by Crippen LogP contribution is -2.13. The van der Waals surface area contributed by atoms with E-state index in [4.69, 9.17) is 10.3 Å². The molecule has 0 aromatic carbocycles. The number of hydrogen-bond donors (Lipinski definition) is 0. The van der Waals surface area contributed by atoms with Crippen molar-refractivity contribution in [2.24, 2.45) is 5.11 Å². The zero-order valence-corrected chi connectivity index (χ0v) is 10.2. The van der Waals surface area contributed by atoms with Crippen LogP contribution in [0.5, 0.6) is 0 Å². The Morgan fingerprint density at radius 1 is 1.61 bits per heavy atom. The van der Waals surface area contributed by atoms with E-state index in [1.165, 1.54) is 7.11 Å². The number of methoxy groups -OCH3 is 1. The van der Waals surface area contributed by atoms with E-state index in [1.807, 2.05) is 0 Å². The number of esters is 1. The van der Waals surface area contributed by atoms with Crippen molar-refractivity contribution in [1.29, 1.82) is 0 Å². The molecule has 18 heavy (non-hydrogen) atoms. The molecule has 0 aliphatic carbocycles. The standard InChI is InChI=1S/C11H14N4O3/c1-8(18-7-11(16)17-2)10-5-3-4-9(14-10)6-13-15-12/h3-5,8H,6-7H2,1-2H3. The predicted octanol–water partition coefficient (Wildman–Crippen LogP) is 2.14. The van der Waals surface area contributed by atoms with Crippen LogP contribution in [0.2, 0.25) is 0 Å². The Morgan fingerprint density at radius 3 is 3.06 bits per heavy atom. The Kier molecular flexibility index (Phi) is 5.63. The van der Waals surface area contributed by atoms with Crippen LogP contribution in [0.4, 0.5) is 0 Å². The lowest BCUT2D eigenvalue weighted by molar-refractivity contribution is -0.147. The quantitative estimate of drug-likeness (QED) is 0.334. The molecule has 0 spiro atoms. The van der Waals surface area contributed by atoms with Crippen molar-refractivity contribution in [3.05, 3.63) is 40.0 Å². The monoisotopic (exact) mass is 250 g/mol. The van der Waals surface area contributed by atoms with Crippen molar-refractivity contribution in [1.82, 2.24) is 4.98 Å². The molecular formula is C11H14N4O3. The van der Waals surface area contributed by atoms with Crippen LogP contribution in [0.15, 0.2) is 23.3 Å². The van der Waals surface area contributed by atoms with Gasteiger partial charge in [-0.1, -0.05) is 11.2 Å². The Hall–Kier alpha value is -2.11. The maximum absolute atomic E-state index is 10.9. The zero-order chi connectivity index (χ0) is 13.4. The van der Waals surface area contributed by atoms with E-state index in [9.17, 15) is 4.79 Å². The smallest absolute Gasteiger partial charge is 0.331 e. The molecular weight excluding hydrogens is 236 g/mol. The second-order valence-corrected chi connectivity index (χ2v) is 3.47. The Labute approximate surface area is 104 Å². The maximum Gasteiger partial charge on any atom is 0.331 e.